The molecule has 2 heterocycles. The number of pyridine rings is 1. The van der Waals surface area contributed by atoms with Gasteiger partial charge in [0.1, 0.15) is 18.5 Å². The van der Waals surface area contributed by atoms with Gasteiger partial charge < -0.3 is 4.74 Å². The van der Waals surface area contributed by atoms with Gasteiger partial charge in [0, 0.05) is 11.6 Å². The van der Waals surface area contributed by atoms with E-state index in [2.05, 4.69) is 81.0 Å². The molecule has 0 atom stereocenters. The van der Waals surface area contributed by atoms with Gasteiger partial charge in [0.2, 0.25) is 5.69 Å². The van der Waals surface area contributed by atoms with Gasteiger partial charge in [-0.05, 0) is 65.0 Å². The van der Waals surface area contributed by atoms with E-state index in [9.17, 15) is 0 Å². The van der Waals surface area contributed by atoms with E-state index >= 15 is 0 Å². The Balaban J connectivity index is 1.74. The first kappa shape index (κ1) is 18.9. The molecule has 1 aliphatic carbocycles. The van der Waals surface area contributed by atoms with Crippen LogP contribution in [0.2, 0.25) is 0 Å². The Bertz CT molecular complexity index is 1360. The second-order valence-electron chi connectivity index (χ2n) is 9.79. The summed E-state index contributed by atoms with van der Waals surface area (Å²) in [5, 5.41) is 5.21. The van der Waals surface area contributed by atoms with Crippen LogP contribution in [0.15, 0.2) is 48.7 Å². The van der Waals surface area contributed by atoms with Crippen LogP contribution >= 0.6 is 0 Å². The fourth-order valence-corrected chi connectivity index (χ4v) is 6.04. The molecule has 2 nitrogen and oxygen atoms in total. The first-order valence-electron chi connectivity index (χ1n) is 11.7. The van der Waals surface area contributed by atoms with Crippen LogP contribution in [-0.2, 0) is 7.05 Å². The molecular formula is C29H30NO+. The minimum absolute atomic E-state index is 0.378. The van der Waals surface area contributed by atoms with E-state index in [0.29, 0.717) is 11.8 Å². The Labute approximate surface area is 184 Å². The normalized spacial score (nSPS) is 15.6. The van der Waals surface area contributed by atoms with Crippen molar-refractivity contribution in [3.63, 3.8) is 0 Å². The predicted octanol–water partition coefficient (Wildman–Crippen LogP) is 7.68. The zero-order chi connectivity index (χ0) is 21.3. The summed E-state index contributed by atoms with van der Waals surface area (Å²) in [6, 6.07) is 15.8. The Morgan fingerprint density at radius 1 is 1.00 bits per heavy atom. The highest BCUT2D eigenvalue weighted by Crippen LogP contribution is 2.53. The van der Waals surface area contributed by atoms with Crippen molar-refractivity contribution in [2.45, 2.75) is 58.3 Å². The maximum absolute atomic E-state index is 6.87. The van der Waals surface area contributed by atoms with E-state index in [0.717, 1.165) is 11.5 Å². The fourth-order valence-electron chi connectivity index (χ4n) is 6.04. The summed E-state index contributed by atoms with van der Waals surface area (Å²) in [7, 11) is 2.17. The predicted molar refractivity (Wildman–Crippen MR) is 128 cm³/mol. The standard InChI is InChI=1S/C29H30NO/c1-17(2)25-23-12-8-7-11-22(23)18(3)26-28-27-20(13-14-30(28)4)15-21(19-9-5-6-10-19)16-24(27)31-29(25)26/h7-8,11-17,19H,5-6,9-10H2,1-4H3/q+1. The van der Waals surface area contributed by atoms with Gasteiger partial charge in [0.25, 0.3) is 0 Å². The third-order valence-corrected chi connectivity index (χ3v) is 7.54. The molecule has 1 saturated carbocycles. The first-order valence-corrected chi connectivity index (χ1v) is 11.7. The summed E-state index contributed by atoms with van der Waals surface area (Å²) in [5.41, 5.74) is 6.63. The van der Waals surface area contributed by atoms with Crippen molar-refractivity contribution in [2.75, 3.05) is 0 Å². The Morgan fingerprint density at radius 2 is 1.74 bits per heavy atom. The second-order valence-corrected chi connectivity index (χ2v) is 9.79. The monoisotopic (exact) mass is 408 g/mol. The summed E-state index contributed by atoms with van der Waals surface area (Å²) in [4.78, 5) is 0. The molecule has 0 N–H and O–H groups in total. The topological polar surface area (TPSA) is 13.1 Å². The van der Waals surface area contributed by atoms with E-state index in [1.807, 2.05) is 0 Å². The number of ether oxygens (including phenoxy) is 1. The number of benzene rings is 3. The molecule has 1 aliphatic heterocycles. The van der Waals surface area contributed by atoms with Crippen molar-refractivity contribution in [3.8, 4) is 22.8 Å². The van der Waals surface area contributed by atoms with Crippen LogP contribution in [0.25, 0.3) is 32.8 Å². The smallest absolute Gasteiger partial charge is 0.228 e. The molecule has 0 bridgehead atoms. The largest absolute Gasteiger partial charge is 0.455 e. The zero-order valence-corrected chi connectivity index (χ0v) is 19.0. The number of nitrogens with zero attached hydrogens (tertiary/aromatic N) is 1. The van der Waals surface area contributed by atoms with Crippen LogP contribution < -0.4 is 9.30 Å². The number of hydrogen-bond acceptors (Lipinski definition) is 1. The maximum Gasteiger partial charge on any atom is 0.228 e. The quantitative estimate of drug-likeness (QED) is 0.273. The van der Waals surface area contributed by atoms with Crippen molar-refractivity contribution in [3.05, 3.63) is 65.4 Å². The lowest BCUT2D eigenvalue weighted by atomic mass is 9.84. The van der Waals surface area contributed by atoms with Crippen molar-refractivity contribution in [1.29, 1.82) is 0 Å². The molecule has 156 valence electrons. The highest BCUT2D eigenvalue weighted by atomic mass is 16.5. The molecule has 1 aromatic heterocycles. The molecule has 0 amide bonds. The van der Waals surface area contributed by atoms with Crippen molar-refractivity contribution < 1.29 is 9.30 Å². The second kappa shape index (κ2) is 6.82. The minimum Gasteiger partial charge on any atom is -0.455 e. The molecule has 0 unspecified atom stereocenters. The van der Waals surface area contributed by atoms with E-state index in [4.69, 9.17) is 4.74 Å². The maximum atomic E-state index is 6.87. The third kappa shape index (κ3) is 2.67. The number of rotatable bonds is 2. The molecule has 0 radical (unpaired) electrons. The van der Waals surface area contributed by atoms with Gasteiger partial charge in [0.05, 0.1) is 10.9 Å². The van der Waals surface area contributed by atoms with Gasteiger partial charge in [-0.25, -0.2) is 4.57 Å². The Kier molecular flexibility index (Phi) is 4.15. The average Bonchev–Trinajstić information content (AvgIpc) is 3.30. The minimum atomic E-state index is 0.378. The molecule has 31 heavy (non-hydrogen) atoms. The third-order valence-electron chi connectivity index (χ3n) is 7.54. The van der Waals surface area contributed by atoms with Crippen LogP contribution in [0.1, 0.15) is 68.1 Å². The van der Waals surface area contributed by atoms with Gasteiger partial charge in [-0.15, -0.1) is 0 Å². The molecule has 3 aromatic carbocycles. The van der Waals surface area contributed by atoms with E-state index in [1.54, 1.807) is 0 Å². The molecule has 2 heteroatoms. The van der Waals surface area contributed by atoms with Crippen molar-refractivity contribution >= 4 is 21.5 Å². The first-order chi connectivity index (χ1) is 15.0. The summed E-state index contributed by atoms with van der Waals surface area (Å²) in [5.74, 6) is 3.15. The van der Waals surface area contributed by atoms with E-state index < -0.39 is 0 Å². The number of fused-ring (bicyclic) bond motifs is 3. The van der Waals surface area contributed by atoms with E-state index in [-0.39, 0.29) is 0 Å². The average molecular weight is 409 g/mol. The molecule has 0 saturated heterocycles. The van der Waals surface area contributed by atoms with Crippen LogP contribution in [0, 0.1) is 6.92 Å². The highest BCUT2D eigenvalue weighted by molar-refractivity contribution is 6.06. The molecular weight excluding hydrogens is 378 g/mol. The van der Waals surface area contributed by atoms with Gasteiger partial charge in [-0.3, -0.25) is 0 Å². The van der Waals surface area contributed by atoms with Crippen LogP contribution in [0.3, 0.4) is 0 Å². The van der Waals surface area contributed by atoms with Gasteiger partial charge >= 0.3 is 0 Å². The molecule has 6 rings (SSSR count). The van der Waals surface area contributed by atoms with Gasteiger partial charge in [-0.2, -0.15) is 0 Å². The Morgan fingerprint density at radius 3 is 2.48 bits per heavy atom. The van der Waals surface area contributed by atoms with Crippen molar-refractivity contribution in [1.82, 2.24) is 0 Å². The fraction of sp³-hybridized carbons (Fsp3) is 0.345. The summed E-state index contributed by atoms with van der Waals surface area (Å²) in [6.45, 7) is 6.82. The van der Waals surface area contributed by atoms with Crippen LogP contribution in [-0.4, -0.2) is 0 Å². The highest BCUT2D eigenvalue weighted by Gasteiger charge is 2.34. The number of hydrogen-bond donors (Lipinski definition) is 0. The number of aromatic nitrogens is 1. The van der Waals surface area contributed by atoms with Gasteiger partial charge in [-0.1, -0.05) is 57.0 Å². The lowest BCUT2D eigenvalue weighted by Crippen LogP contribution is -2.32. The lowest BCUT2D eigenvalue weighted by molar-refractivity contribution is -0.659. The van der Waals surface area contributed by atoms with Gasteiger partial charge in [0.15, 0.2) is 6.20 Å². The van der Waals surface area contributed by atoms with E-state index in [1.165, 1.54) is 75.2 Å². The molecule has 0 spiro atoms. The lowest BCUT2D eigenvalue weighted by Gasteiger charge is -2.27. The SMILES string of the molecule is Cc1c2c(c(C(C)C)c3ccccc13)Oc1cc(C3CCCC3)cc3cc[n+](C)c-2c13. The summed E-state index contributed by atoms with van der Waals surface area (Å²) < 4.78 is 9.16. The molecule has 1 fully saturated rings. The zero-order valence-electron chi connectivity index (χ0n) is 19.0. The molecule has 2 aliphatic rings. The number of aryl methyl sites for hydroxylation is 2. The summed E-state index contributed by atoms with van der Waals surface area (Å²) >= 11 is 0. The molecule has 4 aromatic rings. The Hall–Kier alpha value is -2.87. The van der Waals surface area contributed by atoms with Crippen molar-refractivity contribution in [2.24, 2.45) is 7.05 Å². The van der Waals surface area contributed by atoms with Crippen LogP contribution in [0.5, 0.6) is 11.5 Å². The van der Waals surface area contributed by atoms with Crippen LogP contribution in [0.4, 0.5) is 0 Å². The summed E-state index contributed by atoms with van der Waals surface area (Å²) in [6.07, 6.45) is 7.52.